The fourth-order valence-electron chi connectivity index (χ4n) is 3.57. The Morgan fingerprint density at radius 3 is 2.82 bits per heavy atom. The molecule has 1 N–H and O–H groups in total. The van der Waals surface area contributed by atoms with Crippen LogP contribution in [0.5, 0.6) is 0 Å². The number of benzene rings is 2. The number of pyridine rings is 1. The molecule has 0 saturated carbocycles. The van der Waals surface area contributed by atoms with Gasteiger partial charge in [-0.15, -0.1) is 0 Å². The molecule has 5 rings (SSSR count). The minimum absolute atomic E-state index is 0.137. The van der Waals surface area contributed by atoms with Gasteiger partial charge in [-0.25, -0.2) is 14.4 Å². The van der Waals surface area contributed by atoms with E-state index in [2.05, 4.69) is 25.4 Å². The maximum Gasteiger partial charge on any atom is 0.227 e. The van der Waals surface area contributed by atoms with E-state index in [0.717, 1.165) is 22.4 Å². The Labute approximate surface area is 194 Å². The third-order valence-corrected chi connectivity index (χ3v) is 5.45. The van der Waals surface area contributed by atoms with Crippen LogP contribution in [0.15, 0.2) is 71.6 Å². The molecule has 2 aromatic carbocycles. The highest BCUT2D eigenvalue weighted by Crippen LogP contribution is 2.20. The molecule has 1 amide bonds. The highest BCUT2D eigenvalue weighted by atomic mass is 19.1. The Bertz CT molecular complexity index is 1460. The number of imidazole rings is 1. The number of carbonyl (C=O) groups is 1. The number of hydrogen-bond acceptors (Lipinski definition) is 6. The van der Waals surface area contributed by atoms with Crippen molar-refractivity contribution >= 4 is 16.9 Å². The zero-order valence-electron chi connectivity index (χ0n) is 18.4. The lowest BCUT2D eigenvalue weighted by Gasteiger charge is -2.07. The number of aryl methyl sites for hydroxylation is 2. The topological polar surface area (TPSA) is 98.7 Å². The van der Waals surface area contributed by atoms with Crippen LogP contribution < -0.4 is 5.32 Å². The molecule has 3 heterocycles. The first-order valence-corrected chi connectivity index (χ1v) is 10.8. The van der Waals surface area contributed by atoms with Gasteiger partial charge in [-0.05, 0) is 54.4 Å². The van der Waals surface area contributed by atoms with Crippen LogP contribution in [0.4, 0.5) is 4.39 Å². The number of nitrogens with zero attached hydrogens (tertiary/aromatic N) is 5. The third-order valence-electron chi connectivity index (χ3n) is 5.45. The van der Waals surface area contributed by atoms with Gasteiger partial charge in [0.05, 0.1) is 11.0 Å². The number of nitrogens with one attached hydrogen (secondary N) is 1. The summed E-state index contributed by atoms with van der Waals surface area (Å²) in [6, 6.07) is 16.3. The number of amides is 1. The van der Waals surface area contributed by atoms with Crippen molar-refractivity contribution in [3.05, 3.63) is 90.0 Å². The molecule has 0 spiro atoms. The standard InChI is InChI=1S/C25H21FN6O2/c1-16-12-18(7-8-19(16)26)25-30-24(34-31-25)11-10-23(33)28-14-17-6-9-22(27-13-17)32-15-29-20-4-2-3-5-21(20)32/h2-9,12-13,15H,10-11,14H2,1H3,(H,28,33). The molecule has 0 aliphatic heterocycles. The van der Waals surface area contributed by atoms with Crippen molar-refractivity contribution in [1.29, 1.82) is 0 Å². The van der Waals surface area contributed by atoms with Crippen LogP contribution in [0, 0.1) is 12.7 Å². The van der Waals surface area contributed by atoms with Crippen molar-refractivity contribution in [2.24, 2.45) is 0 Å². The molecule has 3 aromatic heterocycles. The van der Waals surface area contributed by atoms with Gasteiger partial charge in [-0.3, -0.25) is 9.36 Å². The van der Waals surface area contributed by atoms with Crippen LogP contribution in [-0.2, 0) is 17.8 Å². The van der Waals surface area contributed by atoms with Crippen LogP contribution in [-0.4, -0.2) is 30.6 Å². The number of fused-ring (bicyclic) bond motifs is 1. The highest BCUT2D eigenvalue weighted by molar-refractivity contribution is 5.77. The van der Waals surface area contributed by atoms with Gasteiger partial charge in [0.25, 0.3) is 0 Å². The third kappa shape index (κ3) is 4.54. The summed E-state index contributed by atoms with van der Waals surface area (Å²) in [7, 11) is 0. The summed E-state index contributed by atoms with van der Waals surface area (Å²) >= 11 is 0. The number of halogens is 1. The Kier molecular flexibility index (Phi) is 5.82. The smallest absolute Gasteiger partial charge is 0.227 e. The molecule has 0 saturated heterocycles. The van der Waals surface area contributed by atoms with Gasteiger partial charge in [0.15, 0.2) is 0 Å². The van der Waals surface area contributed by atoms with E-state index < -0.39 is 0 Å². The fraction of sp³-hybridized carbons (Fsp3) is 0.160. The predicted octanol–water partition coefficient (Wildman–Crippen LogP) is 4.17. The highest BCUT2D eigenvalue weighted by Gasteiger charge is 2.12. The minimum Gasteiger partial charge on any atom is -0.352 e. The zero-order chi connectivity index (χ0) is 23.5. The minimum atomic E-state index is -0.288. The molecular weight excluding hydrogens is 435 g/mol. The monoisotopic (exact) mass is 456 g/mol. The Balaban J connectivity index is 1.14. The van der Waals surface area contributed by atoms with E-state index in [1.54, 1.807) is 31.6 Å². The summed E-state index contributed by atoms with van der Waals surface area (Å²) in [4.78, 5) is 25.5. The van der Waals surface area contributed by atoms with Gasteiger partial charge >= 0.3 is 0 Å². The Hall–Kier alpha value is -4.40. The molecule has 9 heteroatoms. The summed E-state index contributed by atoms with van der Waals surface area (Å²) in [5.41, 5.74) is 3.94. The van der Waals surface area contributed by atoms with Gasteiger partial charge < -0.3 is 9.84 Å². The van der Waals surface area contributed by atoms with Crippen LogP contribution >= 0.6 is 0 Å². The largest absolute Gasteiger partial charge is 0.352 e. The lowest BCUT2D eigenvalue weighted by molar-refractivity contribution is -0.121. The molecule has 0 unspecified atom stereocenters. The van der Waals surface area contributed by atoms with E-state index in [-0.39, 0.29) is 18.1 Å². The summed E-state index contributed by atoms with van der Waals surface area (Å²) in [6.45, 7) is 2.04. The van der Waals surface area contributed by atoms with Crippen LogP contribution in [0.3, 0.4) is 0 Å². The Morgan fingerprint density at radius 1 is 1.12 bits per heavy atom. The van der Waals surface area contributed by atoms with E-state index in [1.165, 1.54) is 6.07 Å². The van der Waals surface area contributed by atoms with Crippen LogP contribution in [0.25, 0.3) is 28.2 Å². The first-order valence-electron chi connectivity index (χ1n) is 10.8. The first kappa shape index (κ1) is 21.4. The molecule has 0 radical (unpaired) electrons. The average Bonchev–Trinajstić information content (AvgIpc) is 3.51. The van der Waals surface area contributed by atoms with Gasteiger partial charge in [0.1, 0.15) is 18.0 Å². The number of para-hydroxylation sites is 2. The zero-order valence-corrected chi connectivity index (χ0v) is 18.4. The molecule has 0 fully saturated rings. The van der Waals surface area contributed by atoms with Crippen molar-refractivity contribution in [3.8, 4) is 17.2 Å². The van der Waals surface area contributed by atoms with Gasteiger partial charge in [0.2, 0.25) is 17.6 Å². The molecule has 8 nitrogen and oxygen atoms in total. The second-order valence-electron chi connectivity index (χ2n) is 7.88. The van der Waals surface area contributed by atoms with Gasteiger partial charge in [-0.2, -0.15) is 4.98 Å². The number of carbonyl (C=O) groups excluding carboxylic acids is 1. The van der Waals surface area contributed by atoms with Crippen LogP contribution in [0.1, 0.15) is 23.4 Å². The summed E-state index contributed by atoms with van der Waals surface area (Å²) in [5, 5.41) is 6.80. The molecular formula is C25H21FN6O2. The normalized spacial score (nSPS) is 11.1. The number of rotatable bonds is 7. The molecule has 170 valence electrons. The maximum absolute atomic E-state index is 13.4. The van der Waals surface area contributed by atoms with Crippen LogP contribution in [0.2, 0.25) is 0 Å². The van der Waals surface area contributed by atoms with E-state index in [9.17, 15) is 9.18 Å². The summed E-state index contributed by atoms with van der Waals surface area (Å²) in [6.07, 6.45) is 3.99. The van der Waals surface area contributed by atoms with Gasteiger partial charge in [-0.1, -0.05) is 23.4 Å². The van der Waals surface area contributed by atoms with Crippen molar-refractivity contribution in [1.82, 2.24) is 30.0 Å². The summed E-state index contributed by atoms with van der Waals surface area (Å²) in [5.74, 6) is 1.06. The SMILES string of the molecule is Cc1cc(-c2noc(CCC(=O)NCc3ccc(-n4cnc5ccccc54)nc3)n2)ccc1F. The lowest BCUT2D eigenvalue weighted by Crippen LogP contribution is -2.23. The molecule has 0 atom stereocenters. The molecule has 5 aromatic rings. The molecule has 34 heavy (non-hydrogen) atoms. The average molecular weight is 456 g/mol. The van der Waals surface area contributed by atoms with Gasteiger partial charge in [0, 0.05) is 31.1 Å². The molecule has 0 aliphatic carbocycles. The van der Waals surface area contributed by atoms with E-state index in [4.69, 9.17) is 4.52 Å². The Morgan fingerprint density at radius 2 is 2.00 bits per heavy atom. The van der Waals surface area contributed by atoms with Crippen molar-refractivity contribution in [2.45, 2.75) is 26.3 Å². The first-order chi connectivity index (χ1) is 16.6. The second-order valence-corrected chi connectivity index (χ2v) is 7.88. The maximum atomic E-state index is 13.4. The fourth-order valence-corrected chi connectivity index (χ4v) is 3.57. The lowest BCUT2D eigenvalue weighted by atomic mass is 10.1. The second kappa shape index (κ2) is 9.22. The molecule has 0 aliphatic rings. The van der Waals surface area contributed by atoms with Crippen molar-refractivity contribution in [2.75, 3.05) is 0 Å². The van der Waals surface area contributed by atoms with Crippen molar-refractivity contribution in [3.63, 3.8) is 0 Å². The van der Waals surface area contributed by atoms with Crippen molar-refractivity contribution < 1.29 is 13.7 Å². The number of aromatic nitrogens is 5. The van der Waals surface area contributed by atoms with E-state index in [1.807, 2.05) is 41.0 Å². The van der Waals surface area contributed by atoms with E-state index >= 15 is 0 Å². The molecule has 0 bridgehead atoms. The quantitative estimate of drug-likeness (QED) is 0.395. The van der Waals surface area contributed by atoms with E-state index in [0.29, 0.717) is 35.8 Å². The summed E-state index contributed by atoms with van der Waals surface area (Å²) < 4.78 is 20.6. The number of hydrogen-bond donors (Lipinski definition) is 1. The predicted molar refractivity (Wildman–Crippen MR) is 123 cm³/mol.